The van der Waals surface area contributed by atoms with Gasteiger partial charge in [0.25, 0.3) is 0 Å². The molecule has 6 nitrogen and oxygen atoms in total. The van der Waals surface area contributed by atoms with Gasteiger partial charge in [-0.3, -0.25) is 4.68 Å². The Bertz CT molecular complexity index is 709. The maximum Gasteiger partial charge on any atom is 0.317 e. The number of nitrogens with one attached hydrogen (secondary N) is 1. The molecule has 3 rings (SSSR count). The Morgan fingerprint density at radius 2 is 2.39 bits per heavy atom. The second-order valence-electron chi connectivity index (χ2n) is 5.88. The first-order chi connectivity index (χ1) is 11.1. The van der Waals surface area contributed by atoms with Gasteiger partial charge >= 0.3 is 6.03 Å². The SMILES string of the molecule is CN(C[C@@H]1CCCO1)C(=O)NCc1nn(C)c2cccc(Cl)c12. The van der Waals surface area contributed by atoms with Crippen LogP contribution in [0, 0.1) is 0 Å². The number of aromatic nitrogens is 2. The lowest BCUT2D eigenvalue weighted by Gasteiger charge is -2.21. The van der Waals surface area contributed by atoms with Crippen LogP contribution < -0.4 is 5.32 Å². The zero-order chi connectivity index (χ0) is 16.4. The average Bonchev–Trinajstić information content (AvgIpc) is 3.14. The van der Waals surface area contributed by atoms with Crippen molar-refractivity contribution in [3.63, 3.8) is 0 Å². The summed E-state index contributed by atoms with van der Waals surface area (Å²) < 4.78 is 7.34. The number of carbonyl (C=O) groups excluding carboxylic acids is 1. The van der Waals surface area contributed by atoms with Crippen LogP contribution in [-0.2, 0) is 18.3 Å². The van der Waals surface area contributed by atoms with E-state index in [2.05, 4.69) is 10.4 Å². The molecule has 1 aromatic heterocycles. The van der Waals surface area contributed by atoms with Gasteiger partial charge in [-0.25, -0.2) is 4.79 Å². The molecule has 2 amide bonds. The largest absolute Gasteiger partial charge is 0.376 e. The van der Waals surface area contributed by atoms with Gasteiger partial charge in [-0.05, 0) is 25.0 Å². The minimum atomic E-state index is -0.133. The van der Waals surface area contributed by atoms with Crippen molar-refractivity contribution in [1.29, 1.82) is 0 Å². The molecule has 0 aliphatic carbocycles. The first-order valence-corrected chi connectivity index (χ1v) is 8.14. The number of aryl methyl sites for hydroxylation is 1. The lowest BCUT2D eigenvalue weighted by atomic mass is 10.2. The molecule has 1 atom stereocenters. The quantitative estimate of drug-likeness (QED) is 0.933. The number of fused-ring (bicyclic) bond motifs is 1. The summed E-state index contributed by atoms with van der Waals surface area (Å²) in [4.78, 5) is 13.9. The molecular weight excluding hydrogens is 316 g/mol. The van der Waals surface area contributed by atoms with Gasteiger partial charge in [0.15, 0.2) is 0 Å². The van der Waals surface area contributed by atoms with Gasteiger partial charge in [0.1, 0.15) is 0 Å². The van der Waals surface area contributed by atoms with Crippen LogP contribution >= 0.6 is 11.6 Å². The van der Waals surface area contributed by atoms with Gasteiger partial charge in [-0.2, -0.15) is 5.10 Å². The van der Waals surface area contributed by atoms with Crippen LogP contribution in [0.4, 0.5) is 4.79 Å². The third-order valence-electron chi connectivity index (χ3n) is 4.15. The normalized spacial score (nSPS) is 17.6. The summed E-state index contributed by atoms with van der Waals surface area (Å²) >= 11 is 6.27. The fourth-order valence-electron chi connectivity index (χ4n) is 2.95. The number of carbonyl (C=O) groups is 1. The van der Waals surface area contributed by atoms with E-state index in [0.717, 1.165) is 36.0 Å². The van der Waals surface area contributed by atoms with Crippen molar-refractivity contribution in [2.75, 3.05) is 20.2 Å². The van der Waals surface area contributed by atoms with E-state index in [1.807, 2.05) is 25.2 Å². The van der Waals surface area contributed by atoms with E-state index in [1.165, 1.54) is 0 Å². The van der Waals surface area contributed by atoms with Gasteiger partial charge in [0.2, 0.25) is 0 Å². The molecule has 124 valence electrons. The van der Waals surface area contributed by atoms with Crippen molar-refractivity contribution in [2.24, 2.45) is 7.05 Å². The molecular formula is C16H21ClN4O2. The summed E-state index contributed by atoms with van der Waals surface area (Å²) in [7, 11) is 3.65. The molecule has 1 fully saturated rings. The molecule has 0 spiro atoms. The predicted octanol–water partition coefficient (Wildman–Crippen LogP) is 2.55. The zero-order valence-electron chi connectivity index (χ0n) is 13.4. The van der Waals surface area contributed by atoms with E-state index in [9.17, 15) is 4.79 Å². The van der Waals surface area contributed by atoms with E-state index < -0.39 is 0 Å². The minimum Gasteiger partial charge on any atom is -0.376 e. The van der Waals surface area contributed by atoms with Crippen LogP contribution in [0.25, 0.3) is 10.9 Å². The number of amides is 2. The maximum absolute atomic E-state index is 12.2. The first kappa shape index (κ1) is 16.1. The van der Waals surface area contributed by atoms with E-state index >= 15 is 0 Å². The predicted molar refractivity (Wildman–Crippen MR) is 89.6 cm³/mol. The summed E-state index contributed by atoms with van der Waals surface area (Å²) in [5, 5.41) is 8.90. The molecule has 2 heterocycles. The number of hydrogen-bond acceptors (Lipinski definition) is 3. The molecule has 2 aromatic rings. The van der Waals surface area contributed by atoms with Crippen molar-refractivity contribution in [2.45, 2.75) is 25.5 Å². The van der Waals surface area contributed by atoms with E-state index in [-0.39, 0.29) is 12.1 Å². The van der Waals surface area contributed by atoms with Crippen molar-refractivity contribution < 1.29 is 9.53 Å². The van der Waals surface area contributed by atoms with Crippen LogP contribution in [0.2, 0.25) is 5.02 Å². The second kappa shape index (κ2) is 6.76. The Labute approximate surface area is 140 Å². The van der Waals surface area contributed by atoms with Crippen LogP contribution in [0.15, 0.2) is 18.2 Å². The number of halogens is 1. The summed E-state index contributed by atoms with van der Waals surface area (Å²) in [6, 6.07) is 5.56. The molecule has 1 saturated heterocycles. The van der Waals surface area contributed by atoms with Gasteiger partial charge in [0, 0.05) is 32.6 Å². The maximum atomic E-state index is 12.2. The summed E-state index contributed by atoms with van der Waals surface area (Å²) in [6.45, 7) is 1.74. The Morgan fingerprint density at radius 3 is 3.13 bits per heavy atom. The fraction of sp³-hybridized carbons (Fsp3) is 0.500. The minimum absolute atomic E-state index is 0.133. The third-order valence-corrected chi connectivity index (χ3v) is 4.47. The Hall–Kier alpha value is -1.79. The summed E-state index contributed by atoms with van der Waals surface area (Å²) in [6.07, 6.45) is 2.23. The van der Waals surface area contributed by atoms with Gasteiger partial charge in [0.05, 0.1) is 28.9 Å². The van der Waals surface area contributed by atoms with Gasteiger partial charge < -0.3 is 15.0 Å². The molecule has 1 aromatic carbocycles. The smallest absolute Gasteiger partial charge is 0.317 e. The molecule has 1 aliphatic heterocycles. The summed E-state index contributed by atoms with van der Waals surface area (Å²) in [5.41, 5.74) is 1.72. The first-order valence-electron chi connectivity index (χ1n) is 7.77. The molecule has 0 bridgehead atoms. The molecule has 0 unspecified atom stereocenters. The highest BCUT2D eigenvalue weighted by atomic mass is 35.5. The molecule has 0 radical (unpaired) electrons. The van der Waals surface area contributed by atoms with Crippen LogP contribution in [0.5, 0.6) is 0 Å². The van der Waals surface area contributed by atoms with Crippen LogP contribution in [0.3, 0.4) is 0 Å². The van der Waals surface area contributed by atoms with Crippen molar-refractivity contribution in [3.05, 3.63) is 28.9 Å². The number of benzene rings is 1. The van der Waals surface area contributed by atoms with Crippen molar-refractivity contribution >= 4 is 28.5 Å². The highest BCUT2D eigenvalue weighted by Crippen LogP contribution is 2.26. The second-order valence-corrected chi connectivity index (χ2v) is 6.29. The highest BCUT2D eigenvalue weighted by Gasteiger charge is 2.20. The van der Waals surface area contributed by atoms with Gasteiger partial charge in [-0.1, -0.05) is 17.7 Å². The lowest BCUT2D eigenvalue weighted by molar-refractivity contribution is 0.0874. The number of urea groups is 1. The molecule has 1 aliphatic rings. The number of nitrogens with zero attached hydrogens (tertiary/aromatic N) is 3. The number of rotatable bonds is 4. The van der Waals surface area contributed by atoms with E-state index in [0.29, 0.717) is 18.1 Å². The molecule has 1 N–H and O–H groups in total. The highest BCUT2D eigenvalue weighted by molar-refractivity contribution is 6.35. The third kappa shape index (κ3) is 3.43. The van der Waals surface area contributed by atoms with Gasteiger partial charge in [-0.15, -0.1) is 0 Å². The van der Waals surface area contributed by atoms with Crippen LogP contribution in [-0.4, -0.2) is 47.0 Å². The Kier molecular flexibility index (Phi) is 4.73. The number of likely N-dealkylation sites (N-methyl/N-ethyl adjacent to an activating group) is 1. The number of ether oxygens (including phenoxy) is 1. The molecule has 0 saturated carbocycles. The lowest BCUT2D eigenvalue weighted by Crippen LogP contribution is -2.40. The van der Waals surface area contributed by atoms with E-state index in [1.54, 1.807) is 16.6 Å². The van der Waals surface area contributed by atoms with E-state index in [4.69, 9.17) is 16.3 Å². The summed E-state index contributed by atoms with van der Waals surface area (Å²) in [5.74, 6) is 0. The Balaban J connectivity index is 1.65. The number of hydrogen-bond donors (Lipinski definition) is 1. The molecule has 7 heteroatoms. The average molecular weight is 337 g/mol. The van der Waals surface area contributed by atoms with Crippen LogP contribution in [0.1, 0.15) is 18.5 Å². The Morgan fingerprint density at radius 1 is 1.57 bits per heavy atom. The standard InChI is InChI=1S/C16H21ClN4O2/c1-20(10-11-5-4-8-23-11)16(22)18-9-13-15-12(17)6-3-7-14(15)21(2)19-13/h3,6-7,11H,4-5,8-10H2,1-2H3,(H,18,22)/t11-/m0/s1. The molecule has 23 heavy (non-hydrogen) atoms. The zero-order valence-corrected chi connectivity index (χ0v) is 14.1. The monoisotopic (exact) mass is 336 g/mol. The van der Waals surface area contributed by atoms with Crippen molar-refractivity contribution in [3.8, 4) is 0 Å². The topological polar surface area (TPSA) is 59.4 Å². The fourth-order valence-corrected chi connectivity index (χ4v) is 3.23. The van der Waals surface area contributed by atoms with Crippen molar-refractivity contribution in [1.82, 2.24) is 20.0 Å².